The summed E-state index contributed by atoms with van der Waals surface area (Å²) in [6, 6.07) is 7.43. The second-order valence-electron chi connectivity index (χ2n) is 5.91. The van der Waals surface area contributed by atoms with Gasteiger partial charge in [0.15, 0.2) is 5.65 Å². The van der Waals surface area contributed by atoms with Crippen LogP contribution in [0.5, 0.6) is 0 Å². The van der Waals surface area contributed by atoms with Crippen molar-refractivity contribution in [1.29, 1.82) is 0 Å². The fourth-order valence-corrected chi connectivity index (χ4v) is 2.51. The molecule has 1 amide bonds. The lowest BCUT2D eigenvalue weighted by Gasteiger charge is -2.13. The summed E-state index contributed by atoms with van der Waals surface area (Å²) in [7, 11) is 1.69. The SMILES string of the molecule is Cc1ccc([C@H](O)CNC(=O)Cn2cnc3c(cnn3C)c2=O)cc1. The van der Waals surface area contributed by atoms with Crippen molar-refractivity contribution in [3.8, 4) is 0 Å². The number of benzene rings is 1. The molecule has 130 valence electrons. The number of rotatable bonds is 5. The Bertz CT molecular complexity index is 959. The van der Waals surface area contributed by atoms with Gasteiger partial charge in [-0.15, -0.1) is 0 Å². The van der Waals surface area contributed by atoms with Crippen LogP contribution in [0.25, 0.3) is 11.0 Å². The van der Waals surface area contributed by atoms with Gasteiger partial charge in [0.05, 0.1) is 12.3 Å². The lowest BCUT2D eigenvalue weighted by atomic mass is 10.1. The van der Waals surface area contributed by atoms with Crippen molar-refractivity contribution in [2.45, 2.75) is 19.6 Å². The average Bonchev–Trinajstić information content (AvgIpc) is 2.98. The monoisotopic (exact) mass is 341 g/mol. The summed E-state index contributed by atoms with van der Waals surface area (Å²) in [6.45, 7) is 1.86. The van der Waals surface area contributed by atoms with E-state index in [0.29, 0.717) is 11.0 Å². The Morgan fingerprint density at radius 1 is 1.32 bits per heavy atom. The highest BCUT2D eigenvalue weighted by Crippen LogP contribution is 2.12. The van der Waals surface area contributed by atoms with Crippen LogP contribution in [0, 0.1) is 6.92 Å². The standard InChI is InChI=1S/C17H19N5O3/c1-11-3-5-12(6-4-11)14(23)8-18-15(24)9-22-10-19-16-13(17(22)25)7-20-21(16)2/h3-7,10,14,23H,8-9H2,1-2H3,(H,18,24)/t14-/m1/s1. The summed E-state index contributed by atoms with van der Waals surface area (Å²) in [4.78, 5) is 28.5. The zero-order valence-corrected chi connectivity index (χ0v) is 14.0. The van der Waals surface area contributed by atoms with Crippen LogP contribution in [-0.4, -0.2) is 36.9 Å². The quantitative estimate of drug-likeness (QED) is 0.694. The molecule has 8 nitrogen and oxygen atoms in total. The van der Waals surface area contributed by atoms with Gasteiger partial charge in [-0.2, -0.15) is 5.10 Å². The summed E-state index contributed by atoms with van der Waals surface area (Å²) in [5.74, 6) is -0.377. The molecule has 25 heavy (non-hydrogen) atoms. The Morgan fingerprint density at radius 2 is 2.04 bits per heavy atom. The molecule has 0 saturated heterocycles. The van der Waals surface area contributed by atoms with Gasteiger partial charge in [0, 0.05) is 13.6 Å². The molecule has 0 bridgehead atoms. The molecule has 8 heteroatoms. The summed E-state index contributed by atoms with van der Waals surface area (Å²) >= 11 is 0. The van der Waals surface area contributed by atoms with Gasteiger partial charge < -0.3 is 10.4 Å². The summed E-state index contributed by atoms with van der Waals surface area (Å²) in [5, 5.41) is 17.1. The van der Waals surface area contributed by atoms with Gasteiger partial charge in [0.25, 0.3) is 5.56 Å². The van der Waals surface area contributed by atoms with Gasteiger partial charge in [-0.3, -0.25) is 18.8 Å². The molecule has 2 N–H and O–H groups in total. The largest absolute Gasteiger partial charge is 0.387 e. The minimum Gasteiger partial charge on any atom is -0.387 e. The number of carbonyl (C=O) groups excluding carboxylic acids is 1. The first kappa shape index (κ1) is 16.8. The number of fused-ring (bicyclic) bond motifs is 1. The van der Waals surface area contributed by atoms with E-state index < -0.39 is 6.10 Å². The predicted molar refractivity (Wildman–Crippen MR) is 91.9 cm³/mol. The molecule has 0 aliphatic rings. The first-order valence-corrected chi connectivity index (χ1v) is 7.84. The Balaban J connectivity index is 1.64. The number of aliphatic hydroxyl groups is 1. The summed E-state index contributed by atoms with van der Waals surface area (Å²) in [6.07, 6.45) is 1.95. The van der Waals surface area contributed by atoms with Crippen molar-refractivity contribution in [3.63, 3.8) is 0 Å². The molecular weight excluding hydrogens is 322 g/mol. The van der Waals surface area contributed by atoms with Crippen LogP contribution in [0.4, 0.5) is 0 Å². The number of nitrogens with zero attached hydrogens (tertiary/aromatic N) is 4. The Hall–Kier alpha value is -3.00. The highest BCUT2D eigenvalue weighted by Gasteiger charge is 2.12. The number of aryl methyl sites for hydroxylation is 2. The van der Waals surface area contributed by atoms with Gasteiger partial charge in [0.2, 0.25) is 5.91 Å². The van der Waals surface area contributed by atoms with E-state index in [0.717, 1.165) is 11.1 Å². The van der Waals surface area contributed by atoms with Crippen LogP contribution >= 0.6 is 0 Å². The van der Waals surface area contributed by atoms with E-state index >= 15 is 0 Å². The van der Waals surface area contributed by atoms with Crippen molar-refractivity contribution < 1.29 is 9.90 Å². The second-order valence-corrected chi connectivity index (χ2v) is 5.91. The number of amides is 1. The van der Waals surface area contributed by atoms with Crippen LogP contribution in [0.1, 0.15) is 17.2 Å². The zero-order valence-electron chi connectivity index (χ0n) is 14.0. The lowest BCUT2D eigenvalue weighted by Crippen LogP contribution is -2.34. The van der Waals surface area contributed by atoms with E-state index in [-0.39, 0.29) is 24.6 Å². The molecule has 0 unspecified atom stereocenters. The number of hydrogen-bond acceptors (Lipinski definition) is 5. The Kier molecular flexibility index (Phi) is 4.62. The van der Waals surface area contributed by atoms with Crippen molar-refractivity contribution in [3.05, 3.63) is 58.3 Å². The van der Waals surface area contributed by atoms with E-state index in [1.807, 2.05) is 31.2 Å². The van der Waals surface area contributed by atoms with E-state index in [1.54, 1.807) is 7.05 Å². The van der Waals surface area contributed by atoms with Gasteiger partial charge in [-0.25, -0.2) is 4.98 Å². The van der Waals surface area contributed by atoms with Gasteiger partial charge in [0.1, 0.15) is 18.3 Å². The minimum absolute atomic E-state index is 0.0687. The third-order valence-corrected chi connectivity index (χ3v) is 3.99. The number of nitrogens with one attached hydrogen (secondary N) is 1. The van der Waals surface area contributed by atoms with E-state index in [4.69, 9.17) is 0 Å². The fraction of sp³-hybridized carbons (Fsp3) is 0.294. The molecule has 0 fully saturated rings. The number of hydrogen-bond donors (Lipinski definition) is 2. The van der Waals surface area contributed by atoms with Crippen molar-refractivity contribution in [2.24, 2.45) is 7.05 Å². The Labute approximate surface area is 143 Å². The van der Waals surface area contributed by atoms with Gasteiger partial charge >= 0.3 is 0 Å². The minimum atomic E-state index is -0.805. The molecule has 0 aliphatic carbocycles. The third kappa shape index (κ3) is 3.58. The highest BCUT2D eigenvalue weighted by atomic mass is 16.3. The van der Waals surface area contributed by atoms with Crippen molar-refractivity contribution >= 4 is 16.9 Å². The first-order chi connectivity index (χ1) is 12.0. The van der Waals surface area contributed by atoms with Crippen LogP contribution in [-0.2, 0) is 18.4 Å². The maximum atomic E-state index is 12.3. The zero-order chi connectivity index (χ0) is 18.0. The van der Waals surface area contributed by atoms with Crippen LogP contribution in [0.2, 0.25) is 0 Å². The average molecular weight is 341 g/mol. The van der Waals surface area contributed by atoms with Gasteiger partial charge in [-0.05, 0) is 12.5 Å². The van der Waals surface area contributed by atoms with Crippen molar-refractivity contribution in [1.82, 2.24) is 24.6 Å². The van der Waals surface area contributed by atoms with E-state index in [9.17, 15) is 14.7 Å². The van der Waals surface area contributed by atoms with Crippen LogP contribution < -0.4 is 10.9 Å². The molecule has 2 heterocycles. The second kappa shape index (κ2) is 6.86. The molecule has 3 aromatic rings. The number of carbonyl (C=O) groups is 1. The maximum absolute atomic E-state index is 12.3. The molecule has 0 saturated carbocycles. The Morgan fingerprint density at radius 3 is 2.76 bits per heavy atom. The van der Waals surface area contributed by atoms with E-state index in [1.165, 1.54) is 21.8 Å². The first-order valence-electron chi connectivity index (χ1n) is 7.84. The molecular formula is C17H19N5O3. The smallest absolute Gasteiger partial charge is 0.264 e. The van der Waals surface area contributed by atoms with E-state index in [2.05, 4.69) is 15.4 Å². The molecule has 1 aromatic carbocycles. The summed E-state index contributed by atoms with van der Waals surface area (Å²) in [5.41, 5.74) is 1.96. The molecule has 0 aliphatic heterocycles. The summed E-state index contributed by atoms with van der Waals surface area (Å²) < 4.78 is 2.72. The molecule has 2 aromatic heterocycles. The molecule has 0 spiro atoms. The number of aliphatic hydroxyl groups excluding tert-OH is 1. The molecule has 3 rings (SSSR count). The predicted octanol–water partition coefficient (Wildman–Crippen LogP) is 0.288. The maximum Gasteiger partial charge on any atom is 0.264 e. The van der Waals surface area contributed by atoms with Crippen molar-refractivity contribution in [2.75, 3.05) is 6.54 Å². The van der Waals surface area contributed by atoms with Gasteiger partial charge in [-0.1, -0.05) is 29.8 Å². The lowest BCUT2D eigenvalue weighted by molar-refractivity contribution is -0.122. The molecule has 1 atom stereocenters. The topological polar surface area (TPSA) is 102 Å². The number of aromatic nitrogens is 4. The van der Waals surface area contributed by atoms with Crippen LogP contribution in [0.3, 0.4) is 0 Å². The van der Waals surface area contributed by atoms with Crippen LogP contribution in [0.15, 0.2) is 41.6 Å². The molecule has 0 radical (unpaired) electrons. The normalized spacial score (nSPS) is 12.3. The highest BCUT2D eigenvalue weighted by molar-refractivity contribution is 5.77. The fourth-order valence-electron chi connectivity index (χ4n) is 2.51. The third-order valence-electron chi connectivity index (χ3n) is 3.99.